The number of aromatic hydroxyl groups is 1. The van der Waals surface area contributed by atoms with Gasteiger partial charge in [0.15, 0.2) is 22.6 Å². The van der Waals surface area contributed by atoms with Crippen molar-refractivity contribution in [2.24, 2.45) is 0 Å². The van der Waals surface area contributed by atoms with Crippen LogP contribution in [0.2, 0.25) is 0 Å². The molecule has 0 saturated carbocycles. The summed E-state index contributed by atoms with van der Waals surface area (Å²) in [5, 5.41) is 14.2. The van der Waals surface area contributed by atoms with Crippen molar-refractivity contribution in [1.29, 1.82) is 0 Å². The van der Waals surface area contributed by atoms with Crippen LogP contribution in [0.3, 0.4) is 0 Å². The van der Waals surface area contributed by atoms with E-state index in [2.05, 4.69) is 5.32 Å². The summed E-state index contributed by atoms with van der Waals surface area (Å²) in [6.45, 7) is 11.5. The quantitative estimate of drug-likeness (QED) is 0.118. The van der Waals surface area contributed by atoms with E-state index in [9.17, 15) is 24.3 Å². The van der Waals surface area contributed by atoms with Crippen LogP contribution in [0.5, 0.6) is 23.0 Å². The van der Waals surface area contributed by atoms with E-state index in [1.54, 1.807) is 145 Å². The maximum Gasteiger partial charge on any atom is 0.255 e. The van der Waals surface area contributed by atoms with Gasteiger partial charge in [0.1, 0.15) is 23.0 Å². The van der Waals surface area contributed by atoms with E-state index < -0.39 is 16.8 Å². The molecule has 262 valence electrons. The minimum Gasteiger partial charge on any atom is -0.508 e. The van der Waals surface area contributed by atoms with E-state index in [0.29, 0.717) is 39.6 Å². The molecule has 5 rings (SSSR count). The molecule has 0 aliphatic heterocycles. The molecule has 9 heteroatoms. The van der Waals surface area contributed by atoms with Gasteiger partial charge in [-0.25, -0.2) is 0 Å². The monoisotopic (exact) mass is 687 g/mol. The maximum absolute atomic E-state index is 13.7. The fourth-order valence-corrected chi connectivity index (χ4v) is 5.30. The summed E-state index contributed by atoms with van der Waals surface area (Å²) in [7, 11) is 0. The Morgan fingerprint density at radius 2 is 0.980 bits per heavy atom. The average Bonchev–Trinajstić information content (AvgIpc) is 3.08. The number of Topliss-reactive ketones (excluding diaryl/α,β-unsaturated/α-hetero) is 3. The molecule has 0 atom stereocenters. The van der Waals surface area contributed by atoms with E-state index in [0.717, 1.165) is 10.8 Å². The average molecular weight is 688 g/mol. The number of nitrogens with one attached hydrogen (secondary N) is 1. The molecule has 0 heterocycles. The van der Waals surface area contributed by atoms with Crippen molar-refractivity contribution < 1.29 is 38.5 Å². The minimum atomic E-state index is -1.29. The van der Waals surface area contributed by atoms with Gasteiger partial charge in [0, 0.05) is 22.4 Å². The second kappa shape index (κ2) is 14.1. The highest BCUT2D eigenvalue weighted by Crippen LogP contribution is 2.29. The zero-order chi connectivity index (χ0) is 37.1. The summed E-state index contributed by atoms with van der Waals surface area (Å²) in [5.74, 6) is 0.440. The van der Waals surface area contributed by atoms with Gasteiger partial charge in [-0.1, -0.05) is 30.3 Å². The number of hydrogen-bond donors (Lipinski definition) is 2. The van der Waals surface area contributed by atoms with E-state index in [-0.39, 0.29) is 29.0 Å². The van der Waals surface area contributed by atoms with Gasteiger partial charge in [-0.3, -0.25) is 19.2 Å². The van der Waals surface area contributed by atoms with Crippen molar-refractivity contribution >= 4 is 39.7 Å². The van der Waals surface area contributed by atoms with Crippen molar-refractivity contribution in [3.8, 4) is 23.0 Å². The van der Waals surface area contributed by atoms with Gasteiger partial charge < -0.3 is 24.6 Å². The number of fused-ring (bicyclic) bond motifs is 1. The molecule has 0 bridgehead atoms. The number of ether oxygens (including phenoxy) is 3. The van der Waals surface area contributed by atoms with E-state index in [1.165, 1.54) is 13.0 Å². The zero-order valence-corrected chi connectivity index (χ0v) is 29.7. The number of hydrogen-bond acceptors (Lipinski definition) is 8. The zero-order valence-electron chi connectivity index (χ0n) is 29.7. The van der Waals surface area contributed by atoms with Crippen molar-refractivity contribution in [2.75, 3.05) is 5.32 Å². The Bertz CT molecular complexity index is 2110. The highest BCUT2D eigenvalue weighted by atomic mass is 16.5. The van der Waals surface area contributed by atoms with Crippen LogP contribution >= 0.6 is 0 Å². The van der Waals surface area contributed by atoms with E-state index >= 15 is 0 Å². The third-order valence-electron chi connectivity index (χ3n) is 8.47. The summed E-state index contributed by atoms with van der Waals surface area (Å²) >= 11 is 0. The number of ketones is 3. The molecule has 51 heavy (non-hydrogen) atoms. The molecule has 0 aliphatic carbocycles. The molecule has 9 nitrogen and oxygen atoms in total. The van der Waals surface area contributed by atoms with Crippen molar-refractivity contribution in [1.82, 2.24) is 0 Å². The Balaban J connectivity index is 1.21. The smallest absolute Gasteiger partial charge is 0.255 e. The predicted molar refractivity (Wildman–Crippen MR) is 196 cm³/mol. The number of phenolic OH excluding ortho intramolecular Hbond substituents is 1. The van der Waals surface area contributed by atoms with Crippen LogP contribution in [-0.4, -0.2) is 45.2 Å². The first-order valence-corrected chi connectivity index (χ1v) is 16.5. The normalized spacial score (nSPS) is 11.8. The molecular weight excluding hydrogens is 646 g/mol. The van der Waals surface area contributed by atoms with Crippen molar-refractivity contribution in [3.05, 3.63) is 126 Å². The third-order valence-corrected chi connectivity index (χ3v) is 8.47. The van der Waals surface area contributed by atoms with Crippen LogP contribution in [0, 0.1) is 0 Å². The van der Waals surface area contributed by atoms with E-state index in [4.69, 9.17) is 14.2 Å². The lowest BCUT2D eigenvalue weighted by Gasteiger charge is -2.27. The number of phenols is 1. The molecule has 0 unspecified atom stereocenters. The lowest BCUT2D eigenvalue weighted by molar-refractivity contribution is -0.129. The molecule has 0 fully saturated rings. The van der Waals surface area contributed by atoms with Gasteiger partial charge in [0.2, 0.25) is 11.6 Å². The summed E-state index contributed by atoms with van der Waals surface area (Å²) in [4.78, 5) is 52.0. The number of carbonyl (C=O) groups is 4. The topological polar surface area (TPSA) is 128 Å². The van der Waals surface area contributed by atoms with Gasteiger partial charge in [-0.05, 0) is 138 Å². The van der Waals surface area contributed by atoms with Gasteiger partial charge in [-0.2, -0.15) is 0 Å². The minimum absolute atomic E-state index is 0.107. The second-order valence-electron chi connectivity index (χ2n) is 13.8. The molecule has 0 spiro atoms. The fourth-order valence-electron chi connectivity index (χ4n) is 5.30. The van der Waals surface area contributed by atoms with Crippen molar-refractivity contribution in [2.45, 2.75) is 65.3 Å². The molecule has 2 N–H and O–H groups in total. The Morgan fingerprint density at radius 1 is 0.529 bits per heavy atom. The van der Waals surface area contributed by atoms with Gasteiger partial charge in [0.25, 0.3) is 5.91 Å². The molecule has 1 amide bonds. The summed E-state index contributed by atoms with van der Waals surface area (Å²) in [6.07, 6.45) is 0. The van der Waals surface area contributed by atoms with Crippen LogP contribution in [0.1, 0.15) is 79.5 Å². The van der Waals surface area contributed by atoms with Gasteiger partial charge in [-0.15, -0.1) is 0 Å². The molecule has 0 aliphatic rings. The Hall–Kier alpha value is -5.96. The first-order chi connectivity index (χ1) is 23.9. The predicted octanol–water partition coefficient (Wildman–Crippen LogP) is 8.62. The van der Waals surface area contributed by atoms with Gasteiger partial charge >= 0.3 is 0 Å². The lowest BCUT2D eigenvalue weighted by atomic mass is 9.91. The Morgan fingerprint density at radius 3 is 1.49 bits per heavy atom. The number of benzene rings is 5. The number of anilines is 1. The molecule has 5 aromatic carbocycles. The summed E-state index contributed by atoms with van der Waals surface area (Å²) < 4.78 is 17.9. The Kier molecular flexibility index (Phi) is 10.0. The number of carbonyl (C=O) groups excluding carboxylic acids is 4. The van der Waals surface area contributed by atoms with Crippen LogP contribution in [0.25, 0.3) is 10.8 Å². The molecule has 0 radical (unpaired) electrons. The first kappa shape index (κ1) is 36.3. The largest absolute Gasteiger partial charge is 0.508 e. The maximum atomic E-state index is 13.7. The lowest BCUT2D eigenvalue weighted by Crippen LogP contribution is -2.39. The molecule has 5 aromatic rings. The number of rotatable bonds is 13. The van der Waals surface area contributed by atoms with Crippen molar-refractivity contribution in [3.63, 3.8) is 0 Å². The van der Waals surface area contributed by atoms with E-state index in [1.807, 2.05) is 0 Å². The first-order valence-electron chi connectivity index (χ1n) is 16.5. The molecule has 0 aromatic heterocycles. The highest BCUT2D eigenvalue weighted by Gasteiger charge is 2.34. The van der Waals surface area contributed by atoms with Crippen LogP contribution in [0.15, 0.2) is 109 Å². The van der Waals surface area contributed by atoms with Gasteiger partial charge in [0.05, 0.1) is 0 Å². The highest BCUT2D eigenvalue weighted by molar-refractivity contribution is 6.08. The second-order valence-corrected chi connectivity index (χ2v) is 13.8. The third kappa shape index (κ3) is 8.62. The summed E-state index contributed by atoms with van der Waals surface area (Å²) in [5.41, 5.74) is -1.94. The summed E-state index contributed by atoms with van der Waals surface area (Å²) in [6, 6.07) is 30.0. The molecule has 0 saturated heterocycles. The SMILES string of the molecule is CC(=O)C(C)(C)Oc1ccc(OC(C)(C)C(=O)c2cccc(C(=O)C(C)(C)Oc3ccc(NC(=O)c4ccc5cc(O)ccc5c4)cc3)c2)cc1. The van der Waals surface area contributed by atoms with Crippen LogP contribution in [0.4, 0.5) is 5.69 Å². The number of amides is 1. The Labute approximate surface area is 297 Å². The standard InChI is InChI=1S/C42H41NO8/c1-26(44)40(2,3)49-35-19-21-36(22-20-35)51-42(6,7)38(47)30-10-8-9-29(24-30)37(46)41(4,5)50-34-17-14-32(15-18-34)43-39(48)31-12-11-28-25-33(45)16-13-27(28)23-31/h8-25,45H,1-7H3,(H,43,48). The van der Waals surface area contributed by atoms with Crippen LogP contribution < -0.4 is 19.5 Å². The fraction of sp³-hybridized carbons (Fsp3) is 0.238. The molecular formula is C42H41NO8. The van der Waals surface area contributed by atoms with Crippen LogP contribution in [-0.2, 0) is 4.79 Å².